The quantitative estimate of drug-likeness (QED) is 0.752. The SMILES string of the molecule is Cc1ccc(Nc2c(N)cccc2C(=O)O)cc1N(C)C. The van der Waals surface area contributed by atoms with Crippen LogP contribution in [0.2, 0.25) is 0 Å². The van der Waals surface area contributed by atoms with Gasteiger partial charge in [0.2, 0.25) is 0 Å². The molecule has 2 rings (SSSR count). The van der Waals surface area contributed by atoms with E-state index in [2.05, 4.69) is 5.32 Å². The molecule has 0 aromatic heterocycles. The van der Waals surface area contributed by atoms with Gasteiger partial charge in [-0.25, -0.2) is 4.79 Å². The molecular formula is C16H19N3O2. The molecule has 0 aliphatic carbocycles. The van der Waals surface area contributed by atoms with E-state index in [1.165, 1.54) is 6.07 Å². The highest BCUT2D eigenvalue weighted by Crippen LogP contribution is 2.30. The van der Waals surface area contributed by atoms with E-state index in [9.17, 15) is 9.90 Å². The third kappa shape index (κ3) is 3.08. The number of para-hydroxylation sites is 1. The Morgan fingerprint density at radius 1 is 1.24 bits per heavy atom. The average molecular weight is 285 g/mol. The zero-order valence-electron chi connectivity index (χ0n) is 12.3. The monoisotopic (exact) mass is 285 g/mol. The van der Waals surface area contributed by atoms with Crippen LogP contribution in [0.1, 0.15) is 15.9 Å². The molecule has 0 amide bonds. The fourth-order valence-corrected chi connectivity index (χ4v) is 2.20. The highest BCUT2D eigenvalue weighted by molar-refractivity contribution is 5.98. The number of carboxylic acids is 1. The molecule has 0 spiro atoms. The number of nitrogens with zero attached hydrogens (tertiary/aromatic N) is 1. The van der Waals surface area contributed by atoms with E-state index in [4.69, 9.17) is 5.73 Å². The van der Waals surface area contributed by atoms with Crippen molar-refractivity contribution in [2.45, 2.75) is 6.92 Å². The molecule has 0 aliphatic heterocycles. The molecule has 5 nitrogen and oxygen atoms in total. The Morgan fingerprint density at radius 3 is 2.57 bits per heavy atom. The van der Waals surface area contributed by atoms with E-state index in [1.54, 1.807) is 12.1 Å². The predicted molar refractivity (Wildman–Crippen MR) is 86.6 cm³/mol. The second kappa shape index (κ2) is 5.75. The van der Waals surface area contributed by atoms with Crippen LogP contribution in [0.5, 0.6) is 0 Å². The van der Waals surface area contributed by atoms with Crippen molar-refractivity contribution in [2.75, 3.05) is 30.0 Å². The number of carboxylic acid groups (broad SMARTS) is 1. The molecule has 0 fully saturated rings. The maximum atomic E-state index is 11.3. The van der Waals surface area contributed by atoms with Gasteiger partial charge in [-0.05, 0) is 36.8 Å². The minimum atomic E-state index is -1.01. The molecule has 0 saturated heterocycles. The standard InChI is InChI=1S/C16H19N3O2/c1-10-7-8-11(9-14(10)19(2)3)18-15-12(16(20)21)5-4-6-13(15)17/h4-9,18H,17H2,1-3H3,(H,20,21). The summed E-state index contributed by atoms with van der Waals surface area (Å²) in [7, 11) is 3.93. The fraction of sp³-hybridized carbons (Fsp3) is 0.188. The number of nitrogen functional groups attached to an aromatic ring is 1. The summed E-state index contributed by atoms with van der Waals surface area (Å²) in [5, 5.41) is 12.4. The first-order valence-electron chi connectivity index (χ1n) is 6.57. The molecule has 21 heavy (non-hydrogen) atoms. The largest absolute Gasteiger partial charge is 0.478 e. The van der Waals surface area contributed by atoms with Crippen LogP contribution in [0.4, 0.5) is 22.7 Å². The van der Waals surface area contributed by atoms with Crippen LogP contribution >= 0.6 is 0 Å². The Morgan fingerprint density at radius 2 is 1.95 bits per heavy atom. The maximum absolute atomic E-state index is 11.3. The van der Waals surface area contributed by atoms with Gasteiger partial charge in [-0.2, -0.15) is 0 Å². The van der Waals surface area contributed by atoms with Crippen LogP contribution in [0.15, 0.2) is 36.4 Å². The minimum absolute atomic E-state index is 0.155. The van der Waals surface area contributed by atoms with Gasteiger partial charge >= 0.3 is 5.97 Å². The van der Waals surface area contributed by atoms with Crippen molar-refractivity contribution < 1.29 is 9.90 Å². The van der Waals surface area contributed by atoms with Crippen LogP contribution in [-0.2, 0) is 0 Å². The third-order valence-electron chi connectivity index (χ3n) is 3.29. The number of hydrogen-bond acceptors (Lipinski definition) is 4. The molecule has 0 saturated carbocycles. The maximum Gasteiger partial charge on any atom is 0.337 e. The normalized spacial score (nSPS) is 10.2. The Balaban J connectivity index is 2.44. The van der Waals surface area contributed by atoms with E-state index in [-0.39, 0.29) is 5.56 Å². The molecule has 2 aromatic rings. The molecule has 2 aromatic carbocycles. The van der Waals surface area contributed by atoms with Gasteiger partial charge in [0, 0.05) is 25.5 Å². The topological polar surface area (TPSA) is 78.6 Å². The van der Waals surface area contributed by atoms with E-state index in [0.29, 0.717) is 11.4 Å². The number of carbonyl (C=O) groups is 1. The van der Waals surface area contributed by atoms with Crippen molar-refractivity contribution in [2.24, 2.45) is 0 Å². The molecule has 0 radical (unpaired) electrons. The molecule has 0 bridgehead atoms. The number of aromatic carboxylic acids is 1. The van der Waals surface area contributed by atoms with Gasteiger partial charge in [-0.1, -0.05) is 12.1 Å². The van der Waals surface area contributed by atoms with E-state index < -0.39 is 5.97 Å². The van der Waals surface area contributed by atoms with E-state index in [0.717, 1.165) is 16.9 Å². The molecular weight excluding hydrogens is 266 g/mol. The Bertz CT molecular complexity index is 681. The molecule has 0 atom stereocenters. The lowest BCUT2D eigenvalue weighted by Gasteiger charge is -2.18. The summed E-state index contributed by atoms with van der Waals surface area (Å²) >= 11 is 0. The molecule has 0 heterocycles. The van der Waals surface area contributed by atoms with Crippen LogP contribution in [0.3, 0.4) is 0 Å². The van der Waals surface area contributed by atoms with Crippen LogP contribution in [0, 0.1) is 6.92 Å². The van der Waals surface area contributed by atoms with Gasteiger partial charge in [-0.15, -0.1) is 0 Å². The summed E-state index contributed by atoms with van der Waals surface area (Å²) in [6, 6.07) is 10.7. The van der Waals surface area contributed by atoms with Crippen molar-refractivity contribution in [3.8, 4) is 0 Å². The summed E-state index contributed by atoms with van der Waals surface area (Å²) < 4.78 is 0. The van der Waals surface area contributed by atoms with Gasteiger partial charge in [0.1, 0.15) is 0 Å². The lowest BCUT2D eigenvalue weighted by atomic mass is 10.1. The second-order valence-electron chi connectivity index (χ2n) is 5.10. The Hall–Kier alpha value is -2.69. The Labute approximate surface area is 124 Å². The summed E-state index contributed by atoms with van der Waals surface area (Å²) in [5.74, 6) is -1.01. The van der Waals surface area contributed by atoms with Gasteiger partial charge in [0.15, 0.2) is 0 Å². The number of aryl methyl sites for hydroxylation is 1. The van der Waals surface area contributed by atoms with Crippen molar-refractivity contribution in [1.82, 2.24) is 0 Å². The second-order valence-corrected chi connectivity index (χ2v) is 5.10. The van der Waals surface area contributed by atoms with Crippen LogP contribution in [0.25, 0.3) is 0 Å². The first-order valence-corrected chi connectivity index (χ1v) is 6.57. The van der Waals surface area contributed by atoms with Crippen LogP contribution in [-0.4, -0.2) is 25.2 Å². The summed E-state index contributed by atoms with van der Waals surface area (Å²) in [5.41, 5.74) is 9.87. The highest BCUT2D eigenvalue weighted by Gasteiger charge is 2.13. The smallest absolute Gasteiger partial charge is 0.337 e. The summed E-state index contributed by atoms with van der Waals surface area (Å²) in [6.07, 6.45) is 0. The highest BCUT2D eigenvalue weighted by atomic mass is 16.4. The number of rotatable bonds is 4. The van der Waals surface area contributed by atoms with Crippen molar-refractivity contribution >= 4 is 28.7 Å². The zero-order chi connectivity index (χ0) is 15.6. The van der Waals surface area contributed by atoms with Gasteiger partial charge in [-0.3, -0.25) is 0 Å². The number of hydrogen-bond donors (Lipinski definition) is 3. The molecule has 4 N–H and O–H groups in total. The zero-order valence-corrected chi connectivity index (χ0v) is 12.3. The third-order valence-corrected chi connectivity index (χ3v) is 3.29. The van der Waals surface area contributed by atoms with E-state index in [1.807, 2.05) is 44.1 Å². The average Bonchev–Trinajstić information content (AvgIpc) is 2.42. The van der Waals surface area contributed by atoms with Crippen molar-refractivity contribution in [3.63, 3.8) is 0 Å². The van der Waals surface area contributed by atoms with Crippen molar-refractivity contribution in [1.29, 1.82) is 0 Å². The van der Waals surface area contributed by atoms with Crippen molar-refractivity contribution in [3.05, 3.63) is 47.5 Å². The molecule has 110 valence electrons. The lowest BCUT2D eigenvalue weighted by molar-refractivity contribution is 0.0698. The van der Waals surface area contributed by atoms with Gasteiger partial charge in [0.05, 0.1) is 16.9 Å². The predicted octanol–water partition coefficient (Wildman–Crippen LogP) is 3.09. The molecule has 0 aliphatic rings. The van der Waals surface area contributed by atoms with Gasteiger partial charge < -0.3 is 21.1 Å². The fourth-order valence-electron chi connectivity index (χ4n) is 2.20. The molecule has 5 heteroatoms. The number of anilines is 4. The first kappa shape index (κ1) is 14.7. The number of nitrogens with two attached hydrogens (primary N) is 1. The lowest BCUT2D eigenvalue weighted by Crippen LogP contribution is -2.11. The minimum Gasteiger partial charge on any atom is -0.478 e. The van der Waals surface area contributed by atoms with Crippen LogP contribution < -0.4 is 16.0 Å². The number of benzene rings is 2. The summed E-state index contributed by atoms with van der Waals surface area (Å²) in [6.45, 7) is 2.03. The Kier molecular flexibility index (Phi) is 4.03. The van der Waals surface area contributed by atoms with E-state index >= 15 is 0 Å². The van der Waals surface area contributed by atoms with Gasteiger partial charge in [0.25, 0.3) is 0 Å². The first-order chi connectivity index (χ1) is 9.90. The summed E-state index contributed by atoms with van der Waals surface area (Å²) in [4.78, 5) is 13.3. The number of nitrogens with one attached hydrogen (secondary N) is 1. The molecule has 0 unspecified atom stereocenters.